The van der Waals surface area contributed by atoms with Crippen molar-refractivity contribution in [2.24, 2.45) is 18.2 Å². The van der Waals surface area contributed by atoms with Crippen molar-refractivity contribution in [2.45, 2.75) is 26.2 Å². The first kappa shape index (κ1) is 19.5. The molecule has 1 aromatic carbocycles. The monoisotopic (exact) mass is 418 g/mol. The molecule has 7 heteroatoms. The van der Waals surface area contributed by atoms with Crippen molar-refractivity contribution in [3.8, 4) is 0 Å². The average Bonchev–Trinajstić information content (AvgIpc) is 3.11. The number of nitrogens with two attached hydrogens (primary N) is 1. The summed E-state index contributed by atoms with van der Waals surface area (Å²) in [5, 5.41) is 0.942. The van der Waals surface area contributed by atoms with E-state index in [1.807, 2.05) is 18.2 Å². The molecule has 1 saturated heterocycles. The van der Waals surface area contributed by atoms with Crippen LogP contribution in [0.15, 0.2) is 29.1 Å². The molecule has 2 aromatic rings. The van der Waals surface area contributed by atoms with E-state index in [0.29, 0.717) is 28.6 Å². The van der Waals surface area contributed by atoms with E-state index in [9.17, 15) is 4.79 Å². The fourth-order valence-corrected chi connectivity index (χ4v) is 4.45. The van der Waals surface area contributed by atoms with Crippen LogP contribution in [0.4, 0.5) is 5.95 Å². The Morgan fingerprint density at radius 1 is 1.25 bits per heavy atom. The van der Waals surface area contributed by atoms with Crippen LogP contribution < -0.4 is 16.2 Å². The van der Waals surface area contributed by atoms with Gasteiger partial charge < -0.3 is 10.6 Å². The summed E-state index contributed by atoms with van der Waals surface area (Å²) in [6.07, 6.45) is 4.63. The largest absolute Gasteiger partial charge is 0.342 e. The maximum Gasteiger partial charge on any atom is 0.262 e. The maximum absolute atomic E-state index is 13.2. The van der Waals surface area contributed by atoms with Crippen LogP contribution in [0.5, 0.6) is 0 Å². The number of aromatic nitrogens is 2. The maximum atomic E-state index is 13.2. The topological polar surface area (TPSA) is 64.2 Å². The van der Waals surface area contributed by atoms with Crippen LogP contribution in [0.1, 0.15) is 36.6 Å². The summed E-state index contributed by atoms with van der Waals surface area (Å²) in [5.74, 6) is 0.731. The Labute approximate surface area is 174 Å². The van der Waals surface area contributed by atoms with Gasteiger partial charge in [0.05, 0.1) is 21.3 Å². The molecule has 2 heterocycles. The summed E-state index contributed by atoms with van der Waals surface area (Å²) >= 11 is 12.6. The molecule has 0 saturated carbocycles. The molecule has 0 spiro atoms. The number of benzene rings is 1. The van der Waals surface area contributed by atoms with E-state index < -0.39 is 0 Å². The number of hydrogen-bond donors (Lipinski definition) is 1. The molecule has 5 nitrogen and oxygen atoms in total. The Morgan fingerprint density at radius 3 is 2.64 bits per heavy atom. The van der Waals surface area contributed by atoms with Crippen LogP contribution in [0.2, 0.25) is 10.0 Å². The van der Waals surface area contributed by atoms with Crippen molar-refractivity contribution in [1.29, 1.82) is 0 Å². The van der Waals surface area contributed by atoms with Gasteiger partial charge in [-0.2, -0.15) is 0 Å². The Morgan fingerprint density at radius 2 is 1.96 bits per heavy atom. The molecule has 2 N–H and O–H groups in total. The van der Waals surface area contributed by atoms with E-state index in [1.165, 1.54) is 0 Å². The molecule has 1 aromatic heterocycles. The molecule has 0 unspecified atom stereocenters. The molecule has 148 valence electrons. The number of fused-ring (bicyclic) bond motifs is 1. The van der Waals surface area contributed by atoms with Gasteiger partial charge in [0, 0.05) is 32.1 Å². The van der Waals surface area contributed by atoms with E-state index in [-0.39, 0.29) is 11.0 Å². The van der Waals surface area contributed by atoms with Gasteiger partial charge in [-0.15, -0.1) is 0 Å². The molecule has 0 atom stereocenters. The zero-order chi connectivity index (χ0) is 20.1. The van der Waals surface area contributed by atoms with Crippen molar-refractivity contribution in [1.82, 2.24) is 9.55 Å². The summed E-state index contributed by atoms with van der Waals surface area (Å²) in [5.41, 5.74) is 9.06. The molecule has 28 heavy (non-hydrogen) atoms. The van der Waals surface area contributed by atoms with Crippen LogP contribution in [0, 0.1) is 5.41 Å². The third-order valence-corrected chi connectivity index (χ3v) is 6.92. The van der Waals surface area contributed by atoms with Crippen molar-refractivity contribution >= 4 is 34.7 Å². The molecule has 0 amide bonds. The second-order valence-electron chi connectivity index (χ2n) is 8.02. The van der Waals surface area contributed by atoms with Crippen LogP contribution in [0.3, 0.4) is 0 Å². The predicted octanol–water partition coefficient (Wildman–Crippen LogP) is 3.64. The lowest BCUT2D eigenvalue weighted by Gasteiger charge is -2.39. The normalized spacial score (nSPS) is 18.2. The third kappa shape index (κ3) is 3.15. The smallest absolute Gasteiger partial charge is 0.262 e. The number of allylic oxidation sites excluding steroid dienone is 1. The second kappa shape index (κ2) is 7.21. The molecule has 0 bridgehead atoms. The van der Waals surface area contributed by atoms with Crippen LogP contribution >= 0.6 is 23.2 Å². The molecule has 0 radical (unpaired) electrons. The minimum absolute atomic E-state index is 0.0491. The second-order valence-corrected chi connectivity index (χ2v) is 8.81. The van der Waals surface area contributed by atoms with Gasteiger partial charge in [0.25, 0.3) is 5.56 Å². The lowest BCUT2D eigenvalue weighted by molar-refractivity contribution is 0.256. The number of halogens is 2. The van der Waals surface area contributed by atoms with Crippen LogP contribution in [-0.2, 0) is 13.5 Å². The van der Waals surface area contributed by atoms with E-state index in [2.05, 4.69) is 11.8 Å². The molecule has 1 fully saturated rings. The van der Waals surface area contributed by atoms with Gasteiger partial charge in [0.15, 0.2) is 0 Å². The molecule has 4 rings (SSSR count). The fourth-order valence-electron chi connectivity index (χ4n) is 4.04. The molecule has 1 aliphatic carbocycles. The van der Waals surface area contributed by atoms with Crippen molar-refractivity contribution < 1.29 is 0 Å². The number of hydrogen-bond acceptors (Lipinski definition) is 4. The Kier molecular flexibility index (Phi) is 5.02. The van der Waals surface area contributed by atoms with E-state index in [1.54, 1.807) is 17.7 Å². The van der Waals surface area contributed by atoms with Gasteiger partial charge in [-0.25, -0.2) is 4.98 Å². The molecule has 1 aliphatic heterocycles. The Hall–Kier alpha value is -1.82. The van der Waals surface area contributed by atoms with Gasteiger partial charge in [-0.3, -0.25) is 9.36 Å². The summed E-state index contributed by atoms with van der Waals surface area (Å²) < 4.78 is 1.65. The average molecular weight is 419 g/mol. The Bertz CT molecular complexity index is 1020. The zero-order valence-corrected chi connectivity index (χ0v) is 17.6. The molecular formula is C21H24Cl2N4O. The standard InChI is InChI=1S/C21H24Cl2N4O/c1-21(12-24)8-10-27(11-9-21)20-25-16-7-6-13(17(16)19(28)26(20)2)14-4-3-5-15(22)18(14)23/h3-6H,7-12,24H2,1-2H3. The van der Waals surface area contributed by atoms with Gasteiger partial charge in [-0.05, 0) is 36.4 Å². The first-order chi connectivity index (χ1) is 13.3. The van der Waals surface area contributed by atoms with Gasteiger partial charge in [0.1, 0.15) is 0 Å². The lowest BCUT2D eigenvalue weighted by Crippen LogP contribution is -2.44. The summed E-state index contributed by atoms with van der Waals surface area (Å²) in [7, 11) is 1.79. The quantitative estimate of drug-likeness (QED) is 0.825. The predicted molar refractivity (Wildman–Crippen MR) is 115 cm³/mol. The van der Waals surface area contributed by atoms with Crippen molar-refractivity contribution in [3.63, 3.8) is 0 Å². The summed E-state index contributed by atoms with van der Waals surface area (Å²) in [4.78, 5) is 20.3. The van der Waals surface area contributed by atoms with Crippen LogP contribution in [0.25, 0.3) is 5.57 Å². The number of anilines is 1. The van der Waals surface area contributed by atoms with E-state index in [0.717, 1.165) is 48.7 Å². The minimum atomic E-state index is -0.0491. The highest BCUT2D eigenvalue weighted by Gasteiger charge is 2.32. The number of rotatable bonds is 3. The van der Waals surface area contributed by atoms with Crippen molar-refractivity contribution in [2.75, 3.05) is 24.5 Å². The molecular weight excluding hydrogens is 395 g/mol. The SMILES string of the molecule is Cn1c(N2CCC(C)(CN)CC2)nc2c(c1=O)C(c1cccc(Cl)c1Cl)=CC2. The highest BCUT2D eigenvalue weighted by molar-refractivity contribution is 6.43. The van der Waals surface area contributed by atoms with Gasteiger partial charge in [-0.1, -0.05) is 48.3 Å². The van der Waals surface area contributed by atoms with Crippen LogP contribution in [-0.4, -0.2) is 29.2 Å². The lowest BCUT2D eigenvalue weighted by atomic mass is 9.81. The number of nitrogens with zero attached hydrogens (tertiary/aromatic N) is 3. The first-order valence-electron chi connectivity index (χ1n) is 9.54. The highest BCUT2D eigenvalue weighted by Crippen LogP contribution is 2.37. The fraction of sp³-hybridized carbons (Fsp3) is 0.429. The Balaban J connectivity index is 1.71. The zero-order valence-electron chi connectivity index (χ0n) is 16.1. The third-order valence-electron chi connectivity index (χ3n) is 6.10. The summed E-state index contributed by atoms with van der Waals surface area (Å²) in [6.45, 7) is 4.62. The van der Waals surface area contributed by atoms with E-state index >= 15 is 0 Å². The number of piperidine rings is 1. The van der Waals surface area contributed by atoms with E-state index in [4.69, 9.17) is 33.9 Å². The van der Waals surface area contributed by atoms with Gasteiger partial charge >= 0.3 is 0 Å². The summed E-state index contributed by atoms with van der Waals surface area (Å²) in [6, 6.07) is 5.48. The van der Waals surface area contributed by atoms with Crippen molar-refractivity contribution in [3.05, 3.63) is 61.5 Å². The minimum Gasteiger partial charge on any atom is -0.342 e. The first-order valence-corrected chi connectivity index (χ1v) is 10.3. The highest BCUT2D eigenvalue weighted by atomic mass is 35.5. The van der Waals surface area contributed by atoms with Gasteiger partial charge in [0.2, 0.25) is 5.95 Å². The molecule has 2 aliphatic rings.